The third-order valence-corrected chi connectivity index (χ3v) is 4.48. The van der Waals surface area contributed by atoms with Gasteiger partial charge in [-0.05, 0) is 12.3 Å². The molecule has 0 amide bonds. The summed E-state index contributed by atoms with van der Waals surface area (Å²) in [5, 5.41) is -0.734. The Balaban J connectivity index is 2.68. The van der Waals surface area contributed by atoms with Crippen LogP contribution in [0.5, 0.6) is 0 Å². The fourth-order valence-electron chi connectivity index (χ4n) is 1.34. The molecular weight excluding hydrogens is 149 g/mol. The van der Waals surface area contributed by atoms with Crippen molar-refractivity contribution in [2.45, 2.75) is 25.0 Å². The second kappa shape index (κ2) is 2.07. The Hall–Kier alpha value is 0.150. The molecule has 1 rings (SSSR count). The summed E-state index contributed by atoms with van der Waals surface area (Å²) in [5.74, 6) is 0.272. The van der Waals surface area contributed by atoms with Crippen LogP contribution in [0, 0.1) is 5.92 Å². The average molecular weight is 163 g/mol. The lowest BCUT2D eigenvalue weighted by Gasteiger charge is -2.14. The van der Waals surface area contributed by atoms with Crippen LogP contribution in [0.3, 0.4) is 0 Å². The minimum Gasteiger partial charge on any atom is -0.343 e. The summed E-state index contributed by atoms with van der Waals surface area (Å²) >= 11 is 0. The normalized spacial score (nSPS) is 44.6. The molecule has 60 valence electrons. The lowest BCUT2D eigenvalue weighted by Crippen LogP contribution is -2.24. The van der Waals surface area contributed by atoms with Gasteiger partial charge >= 0.3 is 0 Å². The van der Waals surface area contributed by atoms with Gasteiger partial charge in [0.25, 0.3) is 0 Å². The molecular formula is C6H14NO2P. The molecule has 1 aliphatic rings. The van der Waals surface area contributed by atoms with Crippen LogP contribution in [0.25, 0.3) is 0 Å². The molecule has 1 unspecified atom stereocenters. The summed E-state index contributed by atoms with van der Waals surface area (Å²) < 4.78 is 11.1. The second-order valence-electron chi connectivity index (χ2n) is 3.18. The molecule has 3 nitrogen and oxygen atoms in total. The van der Waals surface area contributed by atoms with Crippen molar-refractivity contribution < 1.29 is 9.46 Å². The van der Waals surface area contributed by atoms with Gasteiger partial charge in [0.05, 0.1) is 5.28 Å². The van der Waals surface area contributed by atoms with E-state index in [9.17, 15) is 4.57 Å². The van der Waals surface area contributed by atoms with Gasteiger partial charge in [-0.1, -0.05) is 13.3 Å². The highest BCUT2D eigenvalue weighted by atomic mass is 31.2. The van der Waals surface area contributed by atoms with Crippen LogP contribution in [-0.2, 0) is 4.57 Å². The molecule has 0 spiro atoms. The van der Waals surface area contributed by atoms with E-state index in [0.717, 1.165) is 6.42 Å². The van der Waals surface area contributed by atoms with Crippen LogP contribution in [-0.4, -0.2) is 16.8 Å². The van der Waals surface area contributed by atoms with Crippen LogP contribution in [0.15, 0.2) is 0 Å². The third kappa shape index (κ3) is 1.03. The smallest absolute Gasteiger partial charge is 0.217 e. The van der Waals surface area contributed by atoms with Gasteiger partial charge in [-0.15, -0.1) is 0 Å². The average Bonchev–Trinajstić information content (AvgIpc) is 2.41. The highest BCUT2D eigenvalue weighted by Crippen LogP contribution is 2.66. The van der Waals surface area contributed by atoms with Gasteiger partial charge in [-0.2, -0.15) is 0 Å². The lowest BCUT2D eigenvalue weighted by molar-refractivity contribution is 0.460. The van der Waals surface area contributed by atoms with Crippen molar-refractivity contribution in [2.75, 3.05) is 6.66 Å². The van der Waals surface area contributed by atoms with Crippen LogP contribution in [0.1, 0.15) is 19.8 Å². The molecule has 1 saturated carbocycles. The summed E-state index contributed by atoms with van der Waals surface area (Å²) in [6, 6.07) is 0. The quantitative estimate of drug-likeness (QED) is 0.596. The van der Waals surface area contributed by atoms with Gasteiger partial charge in [0, 0.05) is 6.66 Å². The maximum atomic E-state index is 11.1. The zero-order valence-electron chi connectivity index (χ0n) is 6.37. The van der Waals surface area contributed by atoms with Crippen molar-refractivity contribution >= 4 is 7.37 Å². The molecule has 0 radical (unpaired) electrons. The first-order valence-electron chi connectivity index (χ1n) is 3.51. The summed E-state index contributed by atoms with van der Waals surface area (Å²) in [4.78, 5) is 9.15. The SMILES string of the molecule is CC[C@H]1C[C@]1(N)P(C)(=O)O. The van der Waals surface area contributed by atoms with Crippen molar-refractivity contribution in [3.63, 3.8) is 0 Å². The minimum absolute atomic E-state index is 0.272. The highest BCUT2D eigenvalue weighted by molar-refractivity contribution is 7.59. The van der Waals surface area contributed by atoms with E-state index >= 15 is 0 Å². The largest absolute Gasteiger partial charge is 0.343 e. The minimum atomic E-state index is -3.03. The number of hydrogen-bond donors (Lipinski definition) is 2. The zero-order valence-corrected chi connectivity index (χ0v) is 7.27. The fourth-order valence-corrected chi connectivity index (χ4v) is 2.76. The molecule has 0 bridgehead atoms. The molecule has 3 atom stereocenters. The molecule has 0 aromatic rings. The fraction of sp³-hybridized carbons (Fsp3) is 1.00. The standard InChI is InChI=1S/C6H14NO2P/c1-3-5-4-6(5,7)10(2,8)9/h5H,3-4,7H2,1-2H3,(H,8,9)/t5-,6-/m0/s1. The van der Waals surface area contributed by atoms with Crippen LogP contribution < -0.4 is 5.73 Å². The van der Waals surface area contributed by atoms with E-state index in [0.29, 0.717) is 6.42 Å². The number of hydrogen-bond acceptors (Lipinski definition) is 2. The first-order chi connectivity index (χ1) is 4.42. The van der Waals surface area contributed by atoms with Crippen LogP contribution in [0.4, 0.5) is 0 Å². The van der Waals surface area contributed by atoms with E-state index < -0.39 is 12.6 Å². The predicted octanol–water partition coefficient (Wildman–Crippen LogP) is 0.972. The Morgan fingerprint density at radius 2 is 2.40 bits per heavy atom. The molecule has 1 fully saturated rings. The molecule has 0 saturated heterocycles. The van der Waals surface area contributed by atoms with Gasteiger partial charge in [0.1, 0.15) is 0 Å². The van der Waals surface area contributed by atoms with Crippen LogP contribution >= 0.6 is 7.37 Å². The Morgan fingerprint density at radius 1 is 1.90 bits per heavy atom. The van der Waals surface area contributed by atoms with E-state index in [1.54, 1.807) is 0 Å². The monoisotopic (exact) mass is 163 g/mol. The number of rotatable bonds is 2. The zero-order chi connectivity index (χ0) is 7.99. The first kappa shape index (κ1) is 8.25. The Bertz CT molecular complexity index is 188. The van der Waals surface area contributed by atoms with E-state index in [2.05, 4.69) is 0 Å². The van der Waals surface area contributed by atoms with Gasteiger partial charge in [0.2, 0.25) is 7.37 Å². The van der Waals surface area contributed by atoms with Crippen molar-refractivity contribution in [1.29, 1.82) is 0 Å². The van der Waals surface area contributed by atoms with Crippen molar-refractivity contribution in [3.05, 3.63) is 0 Å². The molecule has 10 heavy (non-hydrogen) atoms. The molecule has 3 N–H and O–H groups in total. The predicted molar refractivity (Wildman–Crippen MR) is 41.1 cm³/mol. The van der Waals surface area contributed by atoms with Gasteiger partial charge in [-0.25, -0.2) is 0 Å². The summed E-state index contributed by atoms with van der Waals surface area (Å²) in [5.41, 5.74) is 5.67. The van der Waals surface area contributed by atoms with Crippen molar-refractivity contribution in [1.82, 2.24) is 0 Å². The lowest BCUT2D eigenvalue weighted by atomic mass is 10.3. The van der Waals surface area contributed by atoms with E-state index in [4.69, 9.17) is 10.6 Å². The maximum Gasteiger partial charge on any atom is 0.217 e. The van der Waals surface area contributed by atoms with E-state index in [-0.39, 0.29) is 5.92 Å². The molecule has 0 aromatic heterocycles. The van der Waals surface area contributed by atoms with Gasteiger partial charge < -0.3 is 10.6 Å². The van der Waals surface area contributed by atoms with Gasteiger partial charge in [0.15, 0.2) is 0 Å². The summed E-state index contributed by atoms with van der Waals surface area (Å²) in [6.07, 6.45) is 1.63. The Kier molecular flexibility index (Phi) is 1.70. The van der Waals surface area contributed by atoms with Crippen molar-refractivity contribution in [2.24, 2.45) is 11.7 Å². The topological polar surface area (TPSA) is 63.3 Å². The summed E-state index contributed by atoms with van der Waals surface area (Å²) in [7, 11) is -3.03. The van der Waals surface area contributed by atoms with Crippen LogP contribution in [0.2, 0.25) is 0 Å². The number of nitrogens with two attached hydrogens (primary N) is 1. The van der Waals surface area contributed by atoms with Gasteiger partial charge in [-0.3, -0.25) is 4.57 Å². The third-order valence-electron chi connectivity index (χ3n) is 2.39. The maximum absolute atomic E-state index is 11.1. The van der Waals surface area contributed by atoms with Crippen molar-refractivity contribution in [3.8, 4) is 0 Å². The van der Waals surface area contributed by atoms with E-state index in [1.165, 1.54) is 6.66 Å². The molecule has 4 heteroatoms. The molecule has 0 aromatic carbocycles. The summed E-state index contributed by atoms with van der Waals surface area (Å²) in [6.45, 7) is 3.34. The first-order valence-corrected chi connectivity index (χ1v) is 5.61. The molecule has 1 aliphatic carbocycles. The second-order valence-corrected chi connectivity index (χ2v) is 5.77. The molecule has 0 aliphatic heterocycles. The highest BCUT2D eigenvalue weighted by Gasteiger charge is 2.59. The Labute approximate surface area is 61.1 Å². The van der Waals surface area contributed by atoms with E-state index in [1.807, 2.05) is 6.92 Å². The Morgan fingerprint density at radius 3 is 2.50 bits per heavy atom. The molecule has 0 heterocycles.